The quantitative estimate of drug-likeness (QED) is 0.194. The van der Waals surface area contributed by atoms with E-state index >= 15 is 0 Å². The first-order chi connectivity index (χ1) is 20.4. The first-order valence-electron chi connectivity index (χ1n) is 13.3. The molecule has 9 nitrogen and oxygen atoms in total. The van der Waals surface area contributed by atoms with Gasteiger partial charge in [0.05, 0.1) is 12.3 Å². The van der Waals surface area contributed by atoms with Crippen LogP contribution in [0.25, 0.3) is 11.6 Å². The molecule has 3 heterocycles. The number of amides is 1. The van der Waals surface area contributed by atoms with Gasteiger partial charge in [0.15, 0.2) is 5.69 Å². The fourth-order valence-corrected chi connectivity index (χ4v) is 3.99. The Kier molecular flexibility index (Phi) is 10.3. The molecule has 15 heteroatoms. The van der Waals surface area contributed by atoms with E-state index in [0.29, 0.717) is 6.07 Å². The van der Waals surface area contributed by atoms with Crippen LogP contribution in [0, 0.1) is 0 Å². The van der Waals surface area contributed by atoms with Gasteiger partial charge in [-0.15, -0.1) is 10.2 Å². The molecule has 3 rings (SSSR count). The van der Waals surface area contributed by atoms with Gasteiger partial charge in [-0.25, -0.2) is 9.78 Å². The topological polar surface area (TPSA) is 109 Å². The zero-order chi connectivity index (χ0) is 32.9. The Morgan fingerprint density at radius 2 is 1.86 bits per heavy atom. The molecule has 0 saturated heterocycles. The number of halogens is 6. The fraction of sp³-hybridized carbons (Fsp3) is 0.448. The Balaban J connectivity index is 2.29. The largest absolute Gasteiger partial charge is 0.474 e. The van der Waals surface area contributed by atoms with Crippen molar-refractivity contribution in [1.82, 2.24) is 15.2 Å². The lowest BCUT2D eigenvalue weighted by atomic mass is 9.95. The van der Waals surface area contributed by atoms with Gasteiger partial charge in [0.25, 0.3) is 11.8 Å². The number of allylic oxidation sites excluding steroid dienone is 3. The zero-order valence-corrected chi connectivity index (χ0v) is 24.4. The number of alkyl halides is 6. The van der Waals surface area contributed by atoms with Crippen LogP contribution in [-0.4, -0.2) is 45.8 Å². The smallest absolute Gasteiger partial charge is 0.426 e. The summed E-state index contributed by atoms with van der Waals surface area (Å²) in [6.45, 7) is 12.5. The maximum Gasteiger partial charge on any atom is 0.426 e. The van der Waals surface area contributed by atoms with Crippen LogP contribution < -0.4 is 10.1 Å². The molecule has 1 N–H and O–H groups in total. The lowest BCUT2D eigenvalue weighted by molar-refractivity contribution is -0.292. The summed E-state index contributed by atoms with van der Waals surface area (Å²) in [6.07, 6.45) is -6.10. The predicted octanol–water partition coefficient (Wildman–Crippen LogP) is 8.08. The number of hydrogen-bond acceptors (Lipinski definition) is 8. The monoisotopic (exact) mass is 630 g/mol. The van der Waals surface area contributed by atoms with Crippen molar-refractivity contribution in [2.24, 2.45) is 0 Å². The number of ether oxygens (including phenoxy) is 3. The Bertz CT molecular complexity index is 1420. The van der Waals surface area contributed by atoms with Gasteiger partial charge in [0.1, 0.15) is 17.3 Å². The zero-order valence-electron chi connectivity index (χ0n) is 24.4. The lowest BCUT2D eigenvalue weighted by Gasteiger charge is -2.32. The summed E-state index contributed by atoms with van der Waals surface area (Å²) < 4.78 is 109. The molecule has 1 amide bonds. The second-order valence-electron chi connectivity index (χ2n) is 10.7. The summed E-state index contributed by atoms with van der Waals surface area (Å²) in [5.74, 6) is -2.69. The number of fused-ring (bicyclic) bond motifs is 5. The standard InChI is InChI=1S/C29H32F6N4O5/c1-7-12-18(8-2)16-41-27(29(33,34)35)14-11-9-10-13-17(3)42-22-19(28(30,31)32)15-20(36-25(40)44-26(4,5)6)21(37-22)23-38-39-24(27)43-23/h7-10,12,15,17H,1-2,11,13-14,16H2,3-6H3,(H,36,40)/b10-9-,18-12+. The molecular weight excluding hydrogens is 598 g/mol. The van der Waals surface area contributed by atoms with Crippen LogP contribution in [-0.2, 0) is 21.3 Å². The van der Waals surface area contributed by atoms with Gasteiger partial charge in [-0.05, 0) is 52.2 Å². The molecule has 0 aromatic carbocycles. The van der Waals surface area contributed by atoms with Crippen molar-refractivity contribution in [3.05, 3.63) is 66.6 Å². The highest BCUT2D eigenvalue weighted by atomic mass is 19.4. The molecule has 240 valence electrons. The summed E-state index contributed by atoms with van der Waals surface area (Å²) >= 11 is 0. The average Bonchev–Trinajstić information content (AvgIpc) is 3.37. The van der Waals surface area contributed by atoms with Crippen LogP contribution in [0.3, 0.4) is 0 Å². The number of nitrogens with one attached hydrogen (secondary N) is 1. The molecule has 0 aliphatic carbocycles. The van der Waals surface area contributed by atoms with Crippen LogP contribution >= 0.6 is 0 Å². The Morgan fingerprint density at radius 3 is 2.45 bits per heavy atom. The number of nitrogens with zero attached hydrogens (tertiary/aromatic N) is 3. The molecule has 2 atom stereocenters. The van der Waals surface area contributed by atoms with Gasteiger partial charge in [0, 0.05) is 6.42 Å². The SMILES string of the molecule is C=C/C=C(\C=C)COC1(C(F)(F)F)CC/C=C\CC(C)Oc2nc(c(NC(=O)OC(C)(C)C)cc2C(F)(F)F)-c2nnc1o2. The molecule has 0 fully saturated rings. The van der Waals surface area contributed by atoms with Crippen molar-refractivity contribution < 1.29 is 49.8 Å². The van der Waals surface area contributed by atoms with Gasteiger partial charge in [-0.3, -0.25) is 5.32 Å². The first-order valence-corrected chi connectivity index (χ1v) is 13.3. The van der Waals surface area contributed by atoms with E-state index in [9.17, 15) is 31.1 Å². The molecular formula is C29H32F6N4O5. The third-order valence-corrected chi connectivity index (χ3v) is 6.05. The van der Waals surface area contributed by atoms with Crippen LogP contribution in [0.1, 0.15) is 58.4 Å². The van der Waals surface area contributed by atoms with Gasteiger partial charge >= 0.3 is 18.4 Å². The van der Waals surface area contributed by atoms with Crippen LogP contribution in [0.4, 0.5) is 36.8 Å². The van der Waals surface area contributed by atoms with Crippen molar-refractivity contribution in [2.75, 3.05) is 11.9 Å². The van der Waals surface area contributed by atoms with E-state index < -0.39 is 83.4 Å². The highest BCUT2D eigenvalue weighted by Gasteiger charge is 2.61. The van der Waals surface area contributed by atoms with E-state index in [0.717, 1.165) is 0 Å². The number of pyridine rings is 1. The second-order valence-corrected chi connectivity index (χ2v) is 10.7. The Labute approximate surface area is 249 Å². The van der Waals surface area contributed by atoms with E-state index in [2.05, 4.69) is 33.7 Å². The van der Waals surface area contributed by atoms with Crippen LogP contribution in [0.5, 0.6) is 5.88 Å². The minimum absolute atomic E-state index is 0.0349. The maximum absolute atomic E-state index is 14.9. The minimum atomic E-state index is -5.10. The molecule has 1 aliphatic heterocycles. The van der Waals surface area contributed by atoms with Crippen molar-refractivity contribution >= 4 is 11.8 Å². The molecule has 44 heavy (non-hydrogen) atoms. The van der Waals surface area contributed by atoms with E-state index in [1.54, 1.807) is 0 Å². The lowest BCUT2D eigenvalue weighted by Crippen LogP contribution is -2.45. The van der Waals surface area contributed by atoms with Crippen LogP contribution in [0.15, 0.2) is 59.6 Å². The second kappa shape index (κ2) is 13.2. The summed E-state index contributed by atoms with van der Waals surface area (Å²) in [5, 5.41) is 9.42. The van der Waals surface area contributed by atoms with E-state index in [1.807, 2.05) is 0 Å². The highest BCUT2D eigenvalue weighted by Crippen LogP contribution is 2.47. The van der Waals surface area contributed by atoms with Gasteiger partial charge in [0.2, 0.25) is 11.5 Å². The third-order valence-electron chi connectivity index (χ3n) is 6.05. The van der Waals surface area contributed by atoms with Gasteiger partial charge in [-0.1, -0.05) is 43.5 Å². The van der Waals surface area contributed by atoms with Crippen molar-refractivity contribution in [1.29, 1.82) is 0 Å². The first kappa shape index (κ1) is 34.4. The van der Waals surface area contributed by atoms with E-state index in [-0.39, 0.29) is 18.4 Å². The molecule has 2 aromatic heterocycles. The number of anilines is 1. The minimum Gasteiger partial charge on any atom is -0.474 e. The summed E-state index contributed by atoms with van der Waals surface area (Å²) in [5.41, 5.74) is -6.51. The van der Waals surface area contributed by atoms with Crippen molar-refractivity contribution in [2.45, 2.75) is 76.6 Å². The van der Waals surface area contributed by atoms with Crippen molar-refractivity contribution in [3.63, 3.8) is 0 Å². The molecule has 0 spiro atoms. The Hall–Kier alpha value is -4.14. The third kappa shape index (κ3) is 8.27. The molecule has 2 aromatic rings. The maximum atomic E-state index is 14.9. The van der Waals surface area contributed by atoms with Crippen molar-refractivity contribution in [3.8, 4) is 17.5 Å². The molecule has 0 saturated carbocycles. The molecule has 2 unspecified atom stereocenters. The predicted molar refractivity (Wildman–Crippen MR) is 148 cm³/mol. The number of aromatic nitrogens is 3. The number of rotatable bonds is 6. The molecule has 0 radical (unpaired) electrons. The summed E-state index contributed by atoms with van der Waals surface area (Å²) in [7, 11) is 0. The van der Waals surface area contributed by atoms with Crippen LogP contribution in [0.2, 0.25) is 0 Å². The molecule has 1 aliphatic rings. The summed E-state index contributed by atoms with van der Waals surface area (Å²) in [6, 6.07) is 0.504. The number of hydrogen-bond donors (Lipinski definition) is 1. The van der Waals surface area contributed by atoms with E-state index in [1.165, 1.54) is 58.1 Å². The van der Waals surface area contributed by atoms with Gasteiger partial charge < -0.3 is 18.6 Å². The highest BCUT2D eigenvalue weighted by molar-refractivity contribution is 5.89. The number of carbonyl (C=O) groups excluding carboxylic acids is 1. The Morgan fingerprint density at radius 1 is 1.16 bits per heavy atom. The van der Waals surface area contributed by atoms with E-state index in [4.69, 9.17) is 18.6 Å². The number of carbonyl (C=O) groups is 1. The van der Waals surface area contributed by atoms with Gasteiger partial charge in [-0.2, -0.15) is 26.3 Å². The average molecular weight is 631 g/mol. The normalized spacial score (nSPS) is 20.6. The fourth-order valence-electron chi connectivity index (χ4n) is 3.99. The molecule has 4 bridgehead atoms. The summed E-state index contributed by atoms with van der Waals surface area (Å²) in [4.78, 5) is 16.5.